The molecule has 1 heterocycles. The lowest BCUT2D eigenvalue weighted by atomic mass is 10.1. The summed E-state index contributed by atoms with van der Waals surface area (Å²) in [5.41, 5.74) is 1.74. The Hall–Kier alpha value is -1.69. The molecule has 0 spiro atoms. The van der Waals surface area contributed by atoms with Gasteiger partial charge in [-0.05, 0) is 54.9 Å². The van der Waals surface area contributed by atoms with E-state index in [2.05, 4.69) is 21.2 Å². The Kier molecular flexibility index (Phi) is 5.33. The molecule has 1 aliphatic rings. The average Bonchev–Trinajstić information content (AvgIpc) is 2.85. The first-order valence-corrected chi connectivity index (χ1v) is 8.82. The summed E-state index contributed by atoms with van der Waals surface area (Å²) in [6.07, 6.45) is 0.961. The van der Waals surface area contributed by atoms with Crippen LogP contribution in [0.4, 0.5) is 5.69 Å². The zero-order valence-corrected chi connectivity index (χ0v) is 15.2. The lowest BCUT2D eigenvalue weighted by Crippen LogP contribution is -2.39. The third-order valence-corrected chi connectivity index (χ3v) is 4.73. The molecule has 4 nitrogen and oxygen atoms in total. The molecular formula is C18H16BrClN2O2. The van der Waals surface area contributed by atoms with Gasteiger partial charge in [0, 0.05) is 9.50 Å². The number of benzene rings is 2. The van der Waals surface area contributed by atoms with Gasteiger partial charge in [-0.3, -0.25) is 9.59 Å². The fraction of sp³-hybridized carbons (Fsp3) is 0.222. The number of carbonyl (C=O) groups excluding carboxylic acids is 2. The summed E-state index contributed by atoms with van der Waals surface area (Å²) in [6.45, 7) is 0.625. The van der Waals surface area contributed by atoms with Gasteiger partial charge in [0.05, 0.1) is 18.2 Å². The van der Waals surface area contributed by atoms with Crippen molar-refractivity contribution in [3.8, 4) is 0 Å². The van der Waals surface area contributed by atoms with Gasteiger partial charge < -0.3 is 5.32 Å². The number of anilines is 1. The van der Waals surface area contributed by atoms with Crippen molar-refractivity contribution < 1.29 is 9.59 Å². The number of hydrogen-bond donors (Lipinski definition) is 1. The summed E-state index contributed by atoms with van der Waals surface area (Å²) in [6, 6.07) is 14.3. The monoisotopic (exact) mass is 406 g/mol. The van der Waals surface area contributed by atoms with E-state index in [1.165, 1.54) is 4.90 Å². The zero-order chi connectivity index (χ0) is 17.1. The van der Waals surface area contributed by atoms with E-state index in [-0.39, 0.29) is 18.2 Å². The third-order valence-electron chi connectivity index (χ3n) is 3.95. The minimum atomic E-state index is -0.464. The topological polar surface area (TPSA) is 49.4 Å². The summed E-state index contributed by atoms with van der Waals surface area (Å²) < 4.78 is 0.906. The van der Waals surface area contributed by atoms with Crippen LogP contribution in [0.1, 0.15) is 12.0 Å². The van der Waals surface area contributed by atoms with Crippen molar-refractivity contribution in [3.63, 3.8) is 0 Å². The first-order valence-electron chi connectivity index (χ1n) is 7.65. The van der Waals surface area contributed by atoms with Gasteiger partial charge in [0.25, 0.3) is 5.91 Å². The van der Waals surface area contributed by atoms with Crippen LogP contribution in [0.3, 0.4) is 0 Å². The minimum absolute atomic E-state index is 0.175. The van der Waals surface area contributed by atoms with E-state index in [9.17, 15) is 9.59 Å². The maximum atomic E-state index is 12.5. The van der Waals surface area contributed by atoms with Crippen LogP contribution in [0.2, 0.25) is 5.02 Å². The Labute approximate surface area is 153 Å². The number of halogens is 2. The molecule has 0 radical (unpaired) electrons. The van der Waals surface area contributed by atoms with Gasteiger partial charge >= 0.3 is 0 Å². The van der Waals surface area contributed by atoms with Gasteiger partial charge in [-0.1, -0.05) is 39.7 Å². The molecule has 0 unspecified atom stereocenters. The first kappa shape index (κ1) is 17.1. The Morgan fingerprint density at radius 3 is 2.42 bits per heavy atom. The van der Waals surface area contributed by atoms with Gasteiger partial charge in [0.15, 0.2) is 0 Å². The van der Waals surface area contributed by atoms with Crippen molar-refractivity contribution >= 4 is 45.0 Å². The van der Waals surface area contributed by atoms with Crippen molar-refractivity contribution in [2.75, 3.05) is 11.4 Å². The lowest BCUT2D eigenvalue weighted by Gasteiger charge is -2.15. The molecule has 0 aliphatic carbocycles. The Morgan fingerprint density at radius 1 is 1.08 bits per heavy atom. The van der Waals surface area contributed by atoms with Gasteiger partial charge in [-0.15, -0.1) is 0 Å². The highest BCUT2D eigenvalue weighted by molar-refractivity contribution is 9.10. The lowest BCUT2D eigenvalue weighted by molar-refractivity contribution is -0.121. The van der Waals surface area contributed by atoms with E-state index in [0.717, 1.165) is 16.5 Å². The average molecular weight is 408 g/mol. The smallest absolute Gasteiger partial charge is 0.251 e. The molecule has 0 bridgehead atoms. The van der Waals surface area contributed by atoms with E-state index >= 15 is 0 Å². The highest BCUT2D eigenvalue weighted by atomic mass is 79.9. The molecule has 124 valence electrons. The Bertz CT molecular complexity index is 747. The quantitative estimate of drug-likeness (QED) is 0.771. The minimum Gasteiger partial charge on any atom is -0.305 e. The van der Waals surface area contributed by atoms with Crippen molar-refractivity contribution in [2.24, 2.45) is 0 Å². The fourth-order valence-electron chi connectivity index (χ4n) is 2.69. The van der Waals surface area contributed by atoms with Crippen LogP contribution in [0.15, 0.2) is 53.0 Å². The summed E-state index contributed by atoms with van der Waals surface area (Å²) in [4.78, 5) is 25.9. The van der Waals surface area contributed by atoms with Crippen molar-refractivity contribution in [1.29, 1.82) is 0 Å². The van der Waals surface area contributed by atoms with Gasteiger partial charge in [0.1, 0.15) is 0 Å². The molecule has 1 fully saturated rings. The number of imide groups is 1. The largest absolute Gasteiger partial charge is 0.305 e. The van der Waals surface area contributed by atoms with Crippen LogP contribution in [-0.2, 0) is 16.0 Å². The second kappa shape index (κ2) is 7.47. The van der Waals surface area contributed by atoms with Gasteiger partial charge in [0.2, 0.25) is 5.91 Å². The molecule has 6 heteroatoms. The molecule has 1 aliphatic heterocycles. The number of nitrogens with one attached hydrogen (secondary N) is 1. The molecule has 2 aromatic rings. The van der Waals surface area contributed by atoms with E-state index in [0.29, 0.717) is 17.3 Å². The third kappa shape index (κ3) is 3.86. The van der Waals surface area contributed by atoms with Crippen LogP contribution < -0.4 is 10.2 Å². The summed E-state index contributed by atoms with van der Waals surface area (Å²) >= 11 is 9.21. The molecule has 2 amide bonds. The maximum Gasteiger partial charge on any atom is 0.251 e. The number of amides is 2. The van der Waals surface area contributed by atoms with Crippen LogP contribution >= 0.6 is 27.5 Å². The molecule has 1 N–H and O–H groups in total. The fourth-order valence-corrected chi connectivity index (χ4v) is 3.08. The highest BCUT2D eigenvalue weighted by Gasteiger charge is 2.39. The molecule has 3 rings (SSSR count). The number of carbonyl (C=O) groups is 2. The summed E-state index contributed by atoms with van der Waals surface area (Å²) in [7, 11) is 0. The first-order chi connectivity index (χ1) is 11.5. The van der Waals surface area contributed by atoms with E-state index in [1.807, 2.05) is 36.4 Å². The number of hydrogen-bond acceptors (Lipinski definition) is 3. The molecule has 0 saturated carbocycles. The van der Waals surface area contributed by atoms with Crippen LogP contribution in [0.5, 0.6) is 0 Å². The van der Waals surface area contributed by atoms with Crippen molar-refractivity contribution in [1.82, 2.24) is 5.32 Å². The second-order valence-electron chi connectivity index (χ2n) is 5.63. The van der Waals surface area contributed by atoms with E-state index < -0.39 is 6.04 Å². The zero-order valence-electron chi connectivity index (χ0n) is 12.8. The van der Waals surface area contributed by atoms with E-state index in [4.69, 9.17) is 11.6 Å². The SMILES string of the molecule is O=C1C[C@@H](NCCc2ccc(Cl)cc2)C(=O)N1c1ccc(Br)cc1. The highest BCUT2D eigenvalue weighted by Crippen LogP contribution is 2.24. The Balaban J connectivity index is 1.59. The van der Waals surface area contributed by atoms with Crippen LogP contribution in [-0.4, -0.2) is 24.4 Å². The molecule has 1 saturated heterocycles. The molecule has 1 atom stereocenters. The molecule has 24 heavy (non-hydrogen) atoms. The number of rotatable bonds is 5. The van der Waals surface area contributed by atoms with Crippen molar-refractivity contribution in [2.45, 2.75) is 18.9 Å². The van der Waals surface area contributed by atoms with Crippen LogP contribution in [0, 0.1) is 0 Å². The molecular weight excluding hydrogens is 392 g/mol. The van der Waals surface area contributed by atoms with Gasteiger partial charge in [-0.2, -0.15) is 0 Å². The summed E-state index contributed by atoms with van der Waals surface area (Å²) in [5.74, 6) is -0.371. The predicted molar refractivity (Wildman–Crippen MR) is 98.2 cm³/mol. The standard InChI is InChI=1S/C18H16BrClN2O2/c19-13-3-7-15(8-4-13)22-17(23)11-16(18(22)24)21-10-9-12-1-5-14(20)6-2-12/h1-8,16,21H,9-11H2/t16-/m1/s1. The number of nitrogens with zero attached hydrogens (tertiary/aromatic N) is 1. The maximum absolute atomic E-state index is 12.5. The Morgan fingerprint density at radius 2 is 1.75 bits per heavy atom. The van der Waals surface area contributed by atoms with Crippen molar-refractivity contribution in [3.05, 3.63) is 63.6 Å². The van der Waals surface area contributed by atoms with Crippen LogP contribution in [0.25, 0.3) is 0 Å². The van der Waals surface area contributed by atoms with Gasteiger partial charge in [-0.25, -0.2) is 4.90 Å². The second-order valence-corrected chi connectivity index (χ2v) is 6.98. The normalized spacial score (nSPS) is 17.6. The predicted octanol–water partition coefficient (Wildman–Crippen LogP) is 3.57. The van der Waals surface area contributed by atoms with E-state index in [1.54, 1.807) is 12.1 Å². The molecule has 0 aromatic heterocycles. The summed E-state index contributed by atoms with van der Waals surface area (Å²) in [5, 5.41) is 3.88. The molecule has 2 aromatic carbocycles.